The van der Waals surface area contributed by atoms with Crippen molar-refractivity contribution in [1.29, 1.82) is 0 Å². The first-order valence-corrected chi connectivity index (χ1v) is 8.73. The van der Waals surface area contributed by atoms with Crippen LogP contribution in [0.5, 0.6) is 0 Å². The van der Waals surface area contributed by atoms with Gasteiger partial charge in [-0.3, -0.25) is 4.90 Å². The van der Waals surface area contributed by atoms with Gasteiger partial charge in [-0.05, 0) is 12.0 Å². The predicted octanol–water partition coefficient (Wildman–Crippen LogP) is 2.16. The molecule has 1 N–H and O–H groups in total. The molecular weight excluding hydrogens is 314 g/mol. The summed E-state index contributed by atoms with van der Waals surface area (Å²) in [6.07, 6.45) is 0.963. The Balaban J connectivity index is 1.79. The van der Waals surface area contributed by atoms with Gasteiger partial charge in [-0.1, -0.05) is 30.3 Å². The van der Waals surface area contributed by atoms with Crippen molar-refractivity contribution in [3.8, 4) is 0 Å². The lowest BCUT2D eigenvalue weighted by molar-refractivity contribution is 0.210. The maximum Gasteiger partial charge on any atom is 0.227 e. The van der Waals surface area contributed by atoms with Crippen LogP contribution >= 0.6 is 0 Å². The monoisotopic (exact) mass is 341 g/mol. The number of ether oxygens (including phenoxy) is 1. The first-order chi connectivity index (χ1) is 12.2. The van der Waals surface area contributed by atoms with Gasteiger partial charge in [0.25, 0.3) is 0 Å². The van der Waals surface area contributed by atoms with Crippen LogP contribution in [-0.2, 0) is 24.2 Å². The first-order valence-electron chi connectivity index (χ1n) is 8.73. The zero-order valence-electron chi connectivity index (χ0n) is 15.3. The molecule has 1 aliphatic heterocycles. The largest absolute Gasteiger partial charge is 0.383 e. The van der Waals surface area contributed by atoms with Gasteiger partial charge in [0.2, 0.25) is 5.95 Å². The molecule has 0 saturated heterocycles. The van der Waals surface area contributed by atoms with Gasteiger partial charge in [-0.2, -0.15) is 4.98 Å². The minimum absolute atomic E-state index is 0.663. The third kappa shape index (κ3) is 4.46. The molecule has 2 heterocycles. The lowest BCUT2D eigenvalue weighted by Crippen LogP contribution is -2.32. The molecule has 6 heteroatoms. The minimum Gasteiger partial charge on any atom is -0.383 e. The van der Waals surface area contributed by atoms with E-state index in [1.54, 1.807) is 7.11 Å². The van der Waals surface area contributed by atoms with Crippen LogP contribution in [0.15, 0.2) is 30.3 Å². The summed E-state index contributed by atoms with van der Waals surface area (Å²) in [6, 6.07) is 10.6. The van der Waals surface area contributed by atoms with Gasteiger partial charge < -0.3 is 15.0 Å². The summed E-state index contributed by atoms with van der Waals surface area (Å²) in [5.41, 5.74) is 3.71. The molecule has 0 radical (unpaired) electrons. The van der Waals surface area contributed by atoms with Gasteiger partial charge in [0, 0.05) is 52.9 Å². The Morgan fingerprint density at radius 2 is 2.00 bits per heavy atom. The van der Waals surface area contributed by atoms with E-state index in [9.17, 15) is 0 Å². The molecular formula is C19H27N5O. The third-order valence-corrected chi connectivity index (χ3v) is 4.38. The molecule has 1 aromatic heterocycles. The minimum atomic E-state index is 0.663. The SMILES string of the molecule is COCCNc1nc(N(C)C)nc2c1CCN(Cc1ccccc1)C2. The average molecular weight is 341 g/mol. The average Bonchev–Trinajstić information content (AvgIpc) is 2.62. The van der Waals surface area contributed by atoms with Crippen molar-refractivity contribution in [3.05, 3.63) is 47.2 Å². The quantitative estimate of drug-likeness (QED) is 0.779. The fourth-order valence-corrected chi connectivity index (χ4v) is 3.07. The summed E-state index contributed by atoms with van der Waals surface area (Å²) >= 11 is 0. The summed E-state index contributed by atoms with van der Waals surface area (Å²) in [5, 5.41) is 3.41. The maximum atomic E-state index is 5.14. The summed E-state index contributed by atoms with van der Waals surface area (Å²) in [4.78, 5) is 13.9. The smallest absolute Gasteiger partial charge is 0.227 e. The second-order valence-electron chi connectivity index (χ2n) is 6.56. The van der Waals surface area contributed by atoms with Crippen molar-refractivity contribution in [2.24, 2.45) is 0 Å². The maximum absolute atomic E-state index is 5.14. The number of hydrogen-bond acceptors (Lipinski definition) is 6. The normalized spacial score (nSPS) is 14.2. The van der Waals surface area contributed by atoms with Crippen LogP contribution in [-0.4, -0.2) is 55.8 Å². The molecule has 134 valence electrons. The molecule has 0 bridgehead atoms. The molecule has 1 aliphatic rings. The van der Waals surface area contributed by atoms with Gasteiger partial charge in [-0.25, -0.2) is 4.98 Å². The van der Waals surface area contributed by atoms with E-state index in [1.165, 1.54) is 11.1 Å². The molecule has 0 aliphatic carbocycles. The Bertz CT molecular complexity index is 690. The highest BCUT2D eigenvalue weighted by Gasteiger charge is 2.22. The Hall–Kier alpha value is -2.18. The molecule has 0 amide bonds. The standard InChI is InChI=1S/C19H27N5O/c1-23(2)19-21-17-14-24(13-15-7-5-4-6-8-15)11-9-16(17)18(22-19)20-10-12-25-3/h4-8H,9-14H2,1-3H3,(H,20,21,22). The highest BCUT2D eigenvalue weighted by Crippen LogP contribution is 2.26. The van der Waals surface area contributed by atoms with Gasteiger partial charge in [0.05, 0.1) is 12.3 Å². The molecule has 25 heavy (non-hydrogen) atoms. The van der Waals surface area contributed by atoms with Gasteiger partial charge in [0.1, 0.15) is 5.82 Å². The molecule has 2 aromatic rings. The third-order valence-electron chi connectivity index (χ3n) is 4.38. The summed E-state index contributed by atoms with van der Waals surface area (Å²) in [6.45, 7) is 4.24. The summed E-state index contributed by atoms with van der Waals surface area (Å²) in [7, 11) is 5.67. The highest BCUT2D eigenvalue weighted by molar-refractivity contribution is 5.52. The number of fused-ring (bicyclic) bond motifs is 1. The Kier molecular flexibility index (Phi) is 5.83. The van der Waals surface area contributed by atoms with Crippen LogP contribution in [0.2, 0.25) is 0 Å². The van der Waals surface area contributed by atoms with E-state index < -0.39 is 0 Å². The molecule has 3 rings (SSSR count). The molecule has 0 atom stereocenters. The van der Waals surface area contributed by atoms with E-state index in [2.05, 4.69) is 40.5 Å². The summed E-state index contributed by atoms with van der Waals surface area (Å²) in [5.74, 6) is 1.70. The molecule has 0 fully saturated rings. The van der Waals surface area contributed by atoms with Gasteiger partial charge >= 0.3 is 0 Å². The van der Waals surface area contributed by atoms with E-state index in [1.807, 2.05) is 19.0 Å². The zero-order chi connectivity index (χ0) is 17.6. The van der Waals surface area contributed by atoms with Crippen LogP contribution in [0, 0.1) is 0 Å². The number of nitrogens with one attached hydrogen (secondary N) is 1. The van der Waals surface area contributed by atoms with Crippen molar-refractivity contribution in [1.82, 2.24) is 14.9 Å². The summed E-state index contributed by atoms with van der Waals surface area (Å²) < 4.78 is 5.14. The Morgan fingerprint density at radius 3 is 2.72 bits per heavy atom. The van der Waals surface area contributed by atoms with Crippen molar-refractivity contribution in [2.45, 2.75) is 19.5 Å². The van der Waals surface area contributed by atoms with Gasteiger partial charge in [0.15, 0.2) is 0 Å². The first kappa shape index (κ1) is 17.6. The van der Waals surface area contributed by atoms with E-state index in [-0.39, 0.29) is 0 Å². The molecule has 0 saturated carbocycles. The van der Waals surface area contributed by atoms with Crippen LogP contribution < -0.4 is 10.2 Å². The molecule has 0 unspecified atom stereocenters. The Morgan fingerprint density at radius 1 is 1.20 bits per heavy atom. The topological polar surface area (TPSA) is 53.5 Å². The van der Waals surface area contributed by atoms with Crippen molar-refractivity contribution < 1.29 is 4.74 Å². The van der Waals surface area contributed by atoms with Crippen molar-refractivity contribution >= 4 is 11.8 Å². The number of methoxy groups -OCH3 is 1. The predicted molar refractivity (Wildman–Crippen MR) is 101 cm³/mol. The second-order valence-corrected chi connectivity index (χ2v) is 6.56. The van der Waals surface area contributed by atoms with Crippen LogP contribution in [0.1, 0.15) is 16.8 Å². The van der Waals surface area contributed by atoms with Crippen molar-refractivity contribution in [3.63, 3.8) is 0 Å². The second kappa shape index (κ2) is 8.27. The van der Waals surface area contributed by atoms with E-state index in [0.29, 0.717) is 6.61 Å². The van der Waals surface area contributed by atoms with Crippen LogP contribution in [0.25, 0.3) is 0 Å². The fraction of sp³-hybridized carbons (Fsp3) is 0.474. The highest BCUT2D eigenvalue weighted by atomic mass is 16.5. The molecule has 0 spiro atoms. The number of anilines is 2. The van der Waals surface area contributed by atoms with Gasteiger partial charge in [-0.15, -0.1) is 0 Å². The lowest BCUT2D eigenvalue weighted by Gasteiger charge is -2.30. The number of nitrogens with zero attached hydrogens (tertiary/aromatic N) is 4. The Labute approximate surface area is 149 Å². The molecule has 1 aromatic carbocycles. The fourth-order valence-electron chi connectivity index (χ4n) is 3.07. The van der Waals surface area contributed by atoms with Crippen LogP contribution in [0.4, 0.5) is 11.8 Å². The number of hydrogen-bond donors (Lipinski definition) is 1. The lowest BCUT2D eigenvalue weighted by atomic mass is 10.0. The van der Waals surface area contributed by atoms with E-state index >= 15 is 0 Å². The number of benzene rings is 1. The van der Waals surface area contributed by atoms with Crippen LogP contribution in [0.3, 0.4) is 0 Å². The molecule has 6 nitrogen and oxygen atoms in total. The van der Waals surface area contributed by atoms with Crippen molar-refractivity contribution in [2.75, 3.05) is 51.1 Å². The number of rotatable bonds is 7. The van der Waals surface area contributed by atoms with E-state index in [0.717, 1.165) is 50.1 Å². The van der Waals surface area contributed by atoms with E-state index in [4.69, 9.17) is 14.7 Å². The number of aromatic nitrogens is 2. The zero-order valence-corrected chi connectivity index (χ0v) is 15.3.